The quantitative estimate of drug-likeness (QED) is 0.829. The molecular formula is C12H19ClN4O. The number of aliphatic hydroxyl groups is 1. The third-order valence-electron chi connectivity index (χ3n) is 3.14. The summed E-state index contributed by atoms with van der Waals surface area (Å²) in [5, 5.41) is 9.28. The summed E-state index contributed by atoms with van der Waals surface area (Å²) in [5.41, 5.74) is 0.890. The standard InChI is InChI=1S/C12H19ClN4O/c1-10-9-11(15-12(13)14-10)17-4-2-3-16(5-6-17)7-8-18/h9,18H,2-8H2,1H3. The molecule has 0 aliphatic carbocycles. The molecular weight excluding hydrogens is 252 g/mol. The van der Waals surface area contributed by atoms with Gasteiger partial charge in [-0.2, -0.15) is 0 Å². The Morgan fingerprint density at radius 3 is 2.83 bits per heavy atom. The third kappa shape index (κ3) is 3.54. The highest BCUT2D eigenvalue weighted by molar-refractivity contribution is 6.28. The van der Waals surface area contributed by atoms with Crippen LogP contribution in [0, 0.1) is 6.92 Å². The largest absolute Gasteiger partial charge is 0.395 e. The summed E-state index contributed by atoms with van der Waals surface area (Å²) < 4.78 is 0. The summed E-state index contributed by atoms with van der Waals surface area (Å²) in [7, 11) is 0. The number of β-amino-alcohol motifs (C(OH)–C–C–N with tert-alkyl or cyclic N) is 1. The van der Waals surface area contributed by atoms with Crippen molar-refractivity contribution >= 4 is 17.4 Å². The average Bonchev–Trinajstić information content (AvgIpc) is 2.54. The fourth-order valence-corrected chi connectivity index (χ4v) is 2.46. The first-order valence-electron chi connectivity index (χ1n) is 6.28. The van der Waals surface area contributed by atoms with Gasteiger partial charge in [0.05, 0.1) is 6.61 Å². The number of halogens is 1. The second kappa shape index (κ2) is 6.31. The van der Waals surface area contributed by atoms with Crippen LogP contribution in [0.1, 0.15) is 12.1 Å². The molecule has 0 saturated carbocycles. The van der Waals surface area contributed by atoms with Crippen molar-refractivity contribution in [3.63, 3.8) is 0 Å². The molecule has 1 aliphatic heterocycles. The minimum absolute atomic E-state index is 0.221. The van der Waals surface area contributed by atoms with Crippen molar-refractivity contribution in [2.75, 3.05) is 44.2 Å². The van der Waals surface area contributed by atoms with E-state index in [1.165, 1.54) is 0 Å². The topological polar surface area (TPSA) is 52.5 Å². The molecule has 0 spiro atoms. The Kier molecular flexibility index (Phi) is 4.74. The Labute approximate surface area is 112 Å². The van der Waals surface area contributed by atoms with E-state index in [0.717, 1.165) is 50.7 Å². The van der Waals surface area contributed by atoms with E-state index in [0.29, 0.717) is 5.28 Å². The Hall–Kier alpha value is -0.910. The average molecular weight is 271 g/mol. The number of rotatable bonds is 3. The smallest absolute Gasteiger partial charge is 0.224 e. The summed E-state index contributed by atoms with van der Waals surface area (Å²) in [6.45, 7) is 6.74. The maximum absolute atomic E-state index is 8.97. The normalized spacial score (nSPS) is 17.8. The third-order valence-corrected chi connectivity index (χ3v) is 3.31. The highest BCUT2D eigenvalue weighted by Gasteiger charge is 2.16. The predicted molar refractivity (Wildman–Crippen MR) is 72.1 cm³/mol. The minimum atomic E-state index is 0.221. The highest BCUT2D eigenvalue weighted by Crippen LogP contribution is 2.16. The van der Waals surface area contributed by atoms with Gasteiger partial charge in [-0.3, -0.25) is 4.90 Å². The molecule has 2 rings (SSSR count). The van der Waals surface area contributed by atoms with Crippen LogP contribution in [0.25, 0.3) is 0 Å². The van der Waals surface area contributed by atoms with Crippen LogP contribution in [0.5, 0.6) is 0 Å². The van der Waals surface area contributed by atoms with Gasteiger partial charge in [0, 0.05) is 37.9 Å². The highest BCUT2D eigenvalue weighted by atomic mass is 35.5. The lowest BCUT2D eigenvalue weighted by atomic mass is 10.3. The fraction of sp³-hybridized carbons (Fsp3) is 0.667. The van der Waals surface area contributed by atoms with Gasteiger partial charge in [0.1, 0.15) is 5.82 Å². The van der Waals surface area contributed by atoms with Crippen LogP contribution < -0.4 is 4.90 Å². The zero-order valence-electron chi connectivity index (χ0n) is 10.6. The molecule has 1 aromatic rings. The number of hydrogen-bond donors (Lipinski definition) is 1. The van der Waals surface area contributed by atoms with Crippen LogP contribution in [-0.2, 0) is 0 Å². The fourth-order valence-electron chi connectivity index (χ4n) is 2.24. The van der Waals surface area contributed by atoms with Crippen molar-refractivity contribution in [1.29, 1.82) is 0 Å². The van der Waals surface area contributed by atoms with Crippen LogP contribution in [-0.4, -0.2) is 59.3 Å². The number of aliphatic hydroxyl groups excluding tert-OH is 1. The summed E-state index contributed by atoms with van der Waals surface area (Å²) >= 11 is 5.90. The Balaban J connectivity index is 2.05. The molecule has 1 aliphatic rings. The zero-order valence-corrected chi connectivity index (χ0v) is 11.4. The second-order valence-electron chi connectivity index (χ2n) is 4.54. The lowest BCUT2D eigenvalue weighted by Crippen LogP contribution is -2.32. The number of aryl methyl sites for hydroxylation is 1. The van der Waals surface area contributed by atoms with E-state index in [4.69, 9.17) is 16.7 Å². The summed E-state index contributed by atoms with van der Waals surface area (Å²) in [4.78, 5) is 12.9. The summed E-state index contributed by atoms with van der Waals surface area (Å²) in [6, 6.07) is 1.97. The van der Waals surface area contributed by atoms with Gasteiger partial charge in [-0.05, 0) is 31.5 Å². The molecule has 5 nitrogen and oxygen atoms in total. The molecule has 0 amide bonds. The molecule has 0 unspecified atom stereocenters. The molecule has 1 saturated heterocycles. The number of nitrogens with zero attached hydrogens (tertiary/aromatic N) is 4. The molecule has 2 heterocycles. The van der Waals surface area contributed by atoms with Gasteiger partial charge in [0.25, 0.3) is 0 Å². The predicted octanol–water partition coefficient (Wildman–Crippen LogP) is 0.943. The van der Waals surface area contributed by atoms with Crippen LogP contribution in [0.2, 0.25) is 5.28 Å². The van der Waals surface area contributed by atoms with Crippen LogP contribution in [0.15, 0.2) is 6.07 Å². The first-order valence-corrected chi connectivity index (χ1v) is 6.66. The van der Waals surface area contributed by atoms with E-state index >= 15 is 0 Å². The molecule has 1 fully saturated rings. The van der Waals surface area contributed by atoms with Gasteiger partial charge < -0.3 is 10.0 Å². The molecule has 0 radical (unpaired) electrons. The van der Waals surface area contributed by atoms with Crippen LogP contribution >= 0.6 is 11.6 Å². The van der Waals surface area contributed by atoms with Crippen molar-refractivity contribution in [3.05, 3.63) is 17.0 Å². The molecule has 0 aromatic carbocycles. The van der Waals surface area contributed by atoms with Gasteiger partial charge in [-0.15, -0.1) is 0 Å². The van der Waals surface area contributed by atoms with E-state index in [1.807, 2.05) is 13.0 Å². The van der Waals surface area contributed by atoms with Crippen molar-refractivity contribution < 1.29 is 5.11 Å². The van der Waals surface area contributed by atoms with Crippen molar-refractivity contribution in [3.8, 4) is 0 Å². The number of aromatic nitrogens is 2. The monoisotopic (exact) mass is 270 g/mol. The first-order chi connectivity index (χ1) is 8.69. The summed E-state index contributed by atoms with van der Waals surface area (Å²) in [6.07, 6.45) is 1.07. The van der Waals surface area contributed by atoms with Crippen molar-refractivity contribution in [2.45, 2.75) is 13.3 Å². The molecule has 0 atom stereocenters. The first kappa shape index (κ1) is 13.5. The second-order valence-corrected chi connectivity index (χ2v) is 4.88. The zero-order chi connectivity index (χ0) is 13.0. The van der Waals surface area contributed by atoms with Crippen LogP contribution in [0.4, 0.5) is 5.82 Å². The minimum Gasteiger partial charge on any atom is -0.395 e. The Morgan fingerprint density at radius 2 is 2.11 bits per heavy atom. The number of anilines is 1. The Bertz CT molecular complexity index is 381. The Morgan fingerprint density at radius 1 is 1.28 bits per heavy atom. The maximum atomic E-state index is 8.97. The lowest BCUT2D eigenvalue weighted by molar-refractivity contribution is 0.204. The van der Waals surface area contributed by atoms with Crippen molar-refractivity contribution in [1.82, 2.24) is 14.9 Å². The van der Waals surface area contributed by atoms with Crippen LogP contribution in [0.3, 0.4) is 0 Å². The number of hydrogen-bond acceptors (Lipinski definition) is 5. The van der Waals surface area contributed by atoms with E-state index in [9.17, 15) is 0 Å². The summed E-state index contributed by atoms with van der Waals surface area (Å²) in [5.74, 6) is 0.901. The molecule has 1 aromatic heterocycles. The van der Waals surface area contributed by atoms with Crippen molar-refractivity contribution in [2.24, 2.45) is 0 Å². The van der Waals surface area contributed by atoms with Gasteiger partial charge in [0.15, 0.2) is 0 Å². The molecule has 100 valence electrons. The van der Waals surface area contributed by atoms with E-state index in [2.05, 4.69) is 19.8 Å². The van der Waals surface area contributed by atoms with Gasteiger partial charge >= 0.3 is 0 Å². The van der Waals surface area contributed by atoms with E-state index < -0.39 is 0 Å². The van der Waals surface area contributed by atoms with E-state index in [1.54, 1.807) is 0 Å². The van der Waals surface area contributed by atoms with E-state index in [-0.39, 0.29) is 6.61 Å². The van der Waals surface area contributed by atoms with Gasteiger partial charge in [-0.25, -0.2) is 9.97 Å². The van der Waals surface area contributed by atoms with Gasteiger partial charge in [0.2, 0.25) is 5.28 Å². The lowest BCUT2D eigenvalue weighted by Gasteiger charge is -2.22. The molecule has 6 heteroatoms. The molecule has 18 heavy (non-hydrogen) atoms. The molecule has 0 bridgehead atoms. The maximum Gasteiger partial charge on any atom is 0.224 e. The van der Waals surface area contributed by atoms with Gasteiger partial charge in [-0.1, -0.05) is 0 Å². The SMILES string of the molecule is Cc1cc(N2CCCN(CCO)CC2)nc(Cl)n1. The molecule has 1 N–H and O–H groups in total.